The Balaban J connectivity index is 1.45. The van der Waals surface area contributed by atoms with E-state index in [1.165, 1.54) is 0 Å². The third-order valence-electron chi connectivity index (χ3n) is 5.10. The molecule has 3 rings (SSSR count). The van der Waals surface area contributed by atoms with E-state index >= 15 is 0 Å². The molecule has 0 unspecified atom stereocenters. The van der Waals surface area contributed by atoms with Gasteiger partial charge in [0.25, 0.3) is 11.8 Å². The second-order valence-electron chi connectivity index (χ2n) is 7.23. The van der Waals surface area contributed by atoms with Crippen LogP contribution in [0.2, 0.25) is 0 Å². The number of nitrogens with zero attached hydrogens (tertiary/aromatic N) is 1. The lowest BCUT2D eigenvalue weighted by Crippen LogP contribution is -2.43. The monoisotopic (exact) mass is 445 g/mol. The van der Waals surface area contributed by atoms with Crippen molar-refractivity contribution in [3.05, 3.63) is 95.6 Å². The van der Waals surface area contributed by atoms with E-state index in [2.05, 4.69) is 29.6 Å². The summed E-state index contributed by atoms with van der Waals surface area (Å²) in [4.78, 5) is 38.9. The van der Waals surface area contributed by atoms with Crippen molar-refractivity contribution in [2.24, 2.45) is 0 Å². The molecule has 0 radical (unpaired) electrons. The highest BCUT2D eigenvalue weighted by molar-refractivity contribution is 6.09. The Labute approximate surface area is 193 Å². The lowest BCUT2D eigenvalue weighted by molar-refractivity contribution is -0.123. The van der Waals surface area contributed by atoms with Crippen molar-refractivity contribution in [3.63, 3.8) is 0 Å². The van der Waals surface area contributed by atoms with E-state index in [-0.39, 0.29) is 12.4 Å². The predicted octanol–water partition coefficient (Wildman–Crippen LogP) is 3.60. The Morgan fingerprint density at radius 1 is 0.727 bits per heavy atom. The third kappa shape index (κ3) is 6.43. The maximum absolute atomic E-state index is 12.4. The molecule has 2 amide bonds. The molecule has 0 aliphatic carbocycles. The highest BCUT2D eigenvalue weighted by Gasteiger charge is 2.11. The number of anilines is 1. The molecule has 3 aromatic rings. The van der Waals surface area contributed by atoms with Gasteiger partial charge in [-0.05, 0) is 62.4 Å². The number of benzene rings is 3. The Hall–Kier alpha value is -4.13. The predicted molar refractivity (Wildman–Crippen MR) is 127 cm³/mol. The minimum absolute atomic E-state index is 0.0901. The molecule has 2 N–H and O–H groups in total. The molecule has 0 atom stereocenters. The minimum Gasteiger partial charge on any atom is -0.484 e. The Morgan fingerprint density at radius 2 is 1.30 bits per heavy atom. The van der Waals surface area contributed by atoms with Gasteiger partial charge in [0.1, 0.15) is 5.75 Å². The minimum atomic E-state index is -0.507. The summed E-state index contributed by atoms with van der Waals surface area (Å²) >= 11 is 0. The zero-order valence-corrected chi connectivity index (χ0v) is 18.7. The van der Waals surface area contributed by atoms with Gasteiger partial charge in [0.15, 0.2) is 12.4 Å². The summed E-state index contributed by atoms with van der Waals surface area (Å²) in [7, 11) is 0. The quantitative estimate of drug-likeness (QED) is 0.388. The van der Waals surface area contributed by atoms with Gasteiger partial charge < -0.3 is 9.64 Å². The number of rotatable bonds is 9. The van der Waals surface area contributed by atoms with Gasteiger partial charge in [-0.1, -0.05) is 30.3 Å². The van der Waals surface area contributed by atoms with E-state index in [1.54, 1.807) is 48.5 Å². The van der Waals surface area contributed by atoms with E-state index in [0.717, 1.165) is 18.8 Å². The lowest BCUT2D eigenvalue weighted by atomic mass is 10.0. The largest absolute Gasteiger partial charge is 0.484 e. The van der Waals surface area contributed by atoms with Crippen LogP contribution in [-0.2, 0) is 4.79 Å². The Morgan fingerprint density at radius 3 is 1.91 bits per heavy atom. The van der Waals surface area contributed by atoms with Crippen LogP contribution in [0, 0.1) is 0 Å². The van der Waals surface area contributed by atoms with Crippen LogP contribution in [0.5, 0.6) is 5.75 Å². The Bertz CT molecular complexity index is 1080. The first-order chi connectivity index (χ1) is 16.0. The average Bonchev–Trinajstić information content (AvgIpc) is 2.87. The second kappa shape index (κ2) is 11.5. The van der Waals surface area contributed by atoms with Gasteiger partial charge in [0.2, 0.25) is 0 Å². The smallest absolute Gasteiger partial charge is 0.276 e. The number of hydrazine groups is 1. The maximum Gasteiger partial charge on any atom is 0.276 e. The summed E-state index contributed by atoms with van der Waals surface area (Å²) in [6.45, 7) is 5.61. The summed E-state index contributed by atoms with van der Waals surface area (Å²) in [6, 6.07) is 22.7. The number of hydrogen-bond acceptors (Lipinski definition) is 5. The highest BCUT2D eigenvalue weighted by atomic mass is 16.5. The van der Waals surface area contributed by atoms with Crippen molar-refractivity contribution in [2.45, 2.75) is 13.8 Å². The summed E-state index contributed by atoms with van der Waals surface area (Å²) < 4.78 is 5.43. The highest BCUT2D eigenvalue weighted by Crippen LogP contribution is 2.16. The molecule has 0 saturated carbocycles. The summed E-state index contributed by atoms with van der Waals surface area (Å²) in [6.07, 6.45) is 0. The first-order valence-electron chi connectivity index (χ1n) is 10.8. The van der Waals surface area contributed by atoms with Crippen LogP contribution in [0.4, 0.5) is 5.69 Å². The number of hydrogen-bond donors (Lipinski definition) is 2. The fourth-order valence-corrected chi connectivity index (χ4v) is 3.25. The number of ketones is 1. The van der Waals surface area contributed by atoms with Crippen molar-refractivity contribution < 1.29 is 19.1 Å². The van der Waals surface area contributed by atoms with Crippen molar-refractivity contribution in [3.8, 4) is 5.75 Å². The molecule has 3 aromatic carbocycles. The third-order valence-corrected chi connectivity index (χ3v) is 5.10. The SMILES string of the molecule is CCN(CC)c1ccc(C(=O)NNC(=O)COc2ccc(C(=O)c3ccccc3)cc2)cc1. The molecule has 0 bridgehead atoms. The van der Waals surface area contributed by atoms with Gasteiger partial charge >= 0.3 is 0 Å². The van der Waals surface area contributed by atoms with E-state index in [4.69, 9.17) is 4.74 Å². The maximum atomic E-state index is 12.4. The standard InChI is InChI=1S/C26H27N3O4/c1-3-29(4-2)22-14-10-21(11-15-22)26(32)28-27-24(30)18-33-23-16-12-20(13-17-23)25(31)19-8-6-5-7-9-19/h5-17H,3-4,18H2,1-2H3,(H,27,30)(H,28,32). The van der Waals surface area contributed by atoms with Crippen LogP contribution >= 0.6 is 0 Å². The number of carbonyl (C=O) groups is 3. The summed E-state index contributed by atoms with van der Waals surface area (Å²) in [5.74, 6) is -0.577. The summed E-state index contributed by atoms with van der Waals surface area (Å²) in [5, 5.41) is 0. The Kier molecular flexibility index (Phi) is 8.18. The molecular weight excluding hydrogens is 418 g/mol. The van der Waals surface area contributed by atoms with Crippen LogP contribution in [-0.4, -0.2) is 37.3 Å². The zero-order chi connectivity index (χ0) is 23.6. The molecule has 0 saturated heterocycles. The van der Waals surface area contributed by atoms with Crippen LogP contribution in [0.3, 0.4) is 0 Å². The van der Waals surface area contributed by atoms with Crippen molar-refractivity contribution in [1.82, 2.24) is 10.9 Å². The van der Waals surface area contributed by atoms with Crippen LogP contribution in [0.25, 0.3) is 0 Å². The fourth-order valence-electron chi connectivity index (χ4n) is 3.25. The topological polar surface area (TPSA) is 87.7 Å². The molecule has 33 heavy (non-hydrogen) atoms. The van der Waals surface area contributed by atoms with Gasteiger partial charge in [-0.25, -0.2) is 0 Å². The molecule has 0 aromatic heterocycles. The van der Waals surface area contributed by atoms with E-state index < -0.39 is 11.8 Å². The van der Waals surface area contributed by atoms with E-state index in [1.807, 2.05) is 30.3 Å². The number of ether oxygens (including phenoxy) is 1. The average molecular weight is 446 g/mol. The number of carbonyl (C=O) groups excluding carboxylic acids is 3. The van der Waals surface area contributed by atoms with Gasteiger partial charge in [-0.15, -0.1) is 0 Å². The first-order valence-corrected chi connectivity index (χ1v) is 10.8. The summed E-state index contributed by atoms with van der Waals surface area (Å²) in [5.41, 5.74) is 7.31. The van der Waals surface area contributed by atoms with Gasteiger partial charge in [-0.2, -0.15) is 0 Å². The second-order valence-corrected chi connectivity index (χ2v) is 7.23. The molecule has 0 aliphatic rings. The van der Waals surface area contributed by atoms with Crippen molar-refractivity contribution in [1.29, 1.82) is 0 Å². The fraction of sp³-hybridized carbons (Fsp3) is 0.192. The van der Waals surface area contributed by atoms with E-state index in [9.17, 15) is 14.4 Å². The number of nitrogens with one attached hydrogen (secondary N) is 2. The molecule has 0 heterocycles. The van der Waals surface area contributed by atoms with Gasteiger partial charge in [-0.3, -0.25) is 25.2 Å². The van der Waals surface area contributed by atoms with Crippen LogP contribution in [0.1, 0.15) is 40.1 Å². The van der Waals surface area contributed by atoms with Crippen LogP contribution < -0.4 is 20.5 Å². The molecule has 170 valence electrons. The molecule has 0 fully saturated rings. The zero-order valence-electron chi connectivity index (χ0n) is 18.7. The molecular formula is C26H27N3O4. The lowest BCUT2D eigenvalue weighted by Gasteiger charge is -2.21. The van der Waals surface area contributed by atoms with Crippen LogP contribution in [0.15, 0.2) is 78.9 Å². The normalized spacial score (nSPS) is 10.2. The molecule has 7 nitrogen and oxygen atoms in total. The molecule has 0 spiro atoms. The molecule has 0 aliphatic heterocycles. The van der Waals surface area contributed by atoms with Gasteiger partial charge in [0, 0.05) is 35.5 Å². The first kappa shape index (κ1) is 23.5. The molecule has 7 heteroatoms. The van der Waals surface area contributed by atoms with E-state index in [0.29, 0.717) is 22.4 Å². The van der Waals surface area contributed by atoms with Gasteiger partial charge in [0.05, 0.1) is 0 Å². The number of amides is 2. The van der Waals surface area contributed by atoms with Crippen molar-refractivity contribution in [2.75, 3.05) is 24.6 Å². The van der Waals surface area contributed by atoms with Crippen molar-refractivity contribution >= 4 is 23.3 Å².